The average Bonchev–Trinajstić information content (AvgIpc) is 3.12. The van der Waals surface area contributed by atoms with Crippen LogP contribution in [0.4, 0.5) is 32.3 Å². The number of nitrogens with one attached hydrogen (secondary N) is 4. The van der Waals surface area contributed by atoms with E-state index in [1.54, 1.807) is 54.6 Å². The number of hydrazine groups is 1. The normalized spacial score (nSPS) is 10.7. The smallest absolute Gasteiger partial charge is 0.345 e. The molecule has 0 unspecified atom stereocenters. The number of carbonyl (C=O) groups excluding carboxylic acids is 2. The number of aromatic nitrogens is 4. The lowest BCUT2D eigenvalue weighted by Gasteiger charge is -2.35. The van der Waals surface area contributed by atoms with Crippen molar-refractivity contribution >= 4 is 81.2 Å². The van der Waals surface area contributed by atoms with Gasteiger partial charge in [0, 0.05) is 35.1 Å². The Hall–Kier alpha value is -5.86. The van der Waals surface area contributed by atoms with Gasteiger partial charge in [-0.15, -0.1) is 5.10 Å². The fraction of sp³-hybridized carbons (Fsp3) is 0. The van der Waals surface area contributed by atoms with Gasteiger partial charge in [-0.2, -0.15) is 15.1 Å². The molecule has 0 saturated carbocycles. The summed E-state index contributed by atoms with van der Waals surface area (Å²) in [7, 11) is 0. The molecule has 0 fully saturated rings. The third-order valence-electron chi connectivity index (χ3n) is 6.97. The Morgan fingerprint density at radius 1 is 0.569 bits per heavy atom. The molecule has 0 aliphatic carbocycles. The molecule has 0 atom stereocenters. The Labute approximate surface area is 308 Å². The number of amides is 4. The predicted octanol–water partition coefficient (Wildman–Crippen LogP) is 8.62. The van der Waals surface area contributed by atoms with Crippen LogP contribution in [0.15, 0.2) is 119 Å². The molecule has 0 radical (unpaired) electrons. The van der Waals surface area contributed by atoms with E-state index in [1.165, 1.54) is 54.6 Å². The molecule has 17 heteroatoms. The van der Waals surface area contributed by atoms with Crippen LogP contribution in [-0.2, 0) is 0 Å². The van der Waals surface area contributed by atoms with E-state index in [-0.39, 0.29) is 54.3 Å². The molecule has 0 aliphatic rings. The molecule has 2 heterocycles. The van der Waals surface area contributed by atoms with E-state index in [4.69, 9.17) is 51.1 Å². The minimum absolute atomic E-state index is 0.122. The van der Waals surface area contributed by atoms with Crippen molar-refractivity contribution in [3.05, 3.63) is 150 Å². The molecule has 13 nitrogen and oxygen atoms in total. The van der Waals surface area contributed by atoms with Crippen LogP contribution in [0.25, 0.3) is 11.3 Å². The van der Waals surface area contributed by atoms with Gasteiger partial charge in [0.15, 0.2) is 0 Å². The second kappa shape index (κ2) is 15.4. The lowest BCUT2D eigenvalue weighted by molar-refractivity contribution is 0.248. The van der Waals surface area contributed by atoms with Crippen molar-refractivity contribution in [3.8, 4) is 22.9 Å². The lowest BCUT2D eigenvalue weighted by Crippen LogP contribution is -2.53. The minimum atomic E-state index is -0.778. The first kappa shape index (κ1) is 35.0. The van der Waals surface area contributed by atoms with Crippen LogP contribution in [0.5, 0.6) is 11.6 Å². The van der Waals surface area contributed by atoms with Crippen LogP contribution in [0.2, 0.25) is 20.1 Å². The summed E-state index contributed by atoms with van der Waals surface area (Å²) in [6.07, 6.45) is 0. The van der Waals surface area contributed by atoms with Crippen molar-refractivity contribution in [3.63, 3.8) is 0 Å². The van der Waals surface area contributed by atoms with Gasteiger partial charge in [0.25, 0.3) is 11.1 Å². The van der Waals surface area contributed by atoms with Crippen molar-refractivity contribution in [1.29, 1.82) is 0 Å². The highest BCUT2D eigenvalue weighted by atomic mass is 35.5. The van der Waals surface area contributed by atoms with Gasteiger partial charge in [-0.3, -0.25) is 9.59 Å². The third-order valence-corrected chi connectivity index (χ3v) is 8.45. The quantitative estimate of drug-likeness (QED) is 0.118. The number of aromatic amines is 2. The second-order valence-electron chi connectivity index (χ2n) is 10.5. The molecule has 0 spiro atoms. The summed E-state index contributed by atoms with van der Waals surface area (Å²) in [5.74, 6) is 0.434. The van der Waals surface area contributed by atoms with Crippen LogP contribution in [0, 0.1) is 0 Å². The number of urea groups is 2. The first-order valence-corrected chi connectivity index (χ1v) is 16.2. The number of rotatable bonds is 7. The van der Waals surface area contributed by atoms with Crippen LogP contribution >= 0.6 is 46.4 Å². The topological polar surface area (TPSA) is 165 Å². The SMILES string of the molecule is O=C(Nc1ccc(Cl)c(Cl)c1)N(c1ccc(Oc2ccc(=O)[nH]n2)cc1)N(C(=O)Nc1ccc(Cl)c(Cl)c1)c1ccc(-c2ccc(=O)[nH]n2)cc1. The van der Waals surface area contributed by atoms with Crippen molar-refractivity contribution in [2.45, 2.75) is 0 Å². The van der Waals surface area contributed by atoms with E-state index < -0.39 is 17.6 Å². The molecule has 4 amide bonds. The number of nitrogens with zero attached hydrogens (tertiary/aromatic N) is 4. The van der Waals surface area contributed by atoms with E-state index in [0.717, 1.165) is 10.0 Å². The summed E-state index contributed by atoms with van der Waals surface area (Å²) in [5, 5.41) is 21.2. The van der Waals surface area contributed by atoms with Crippen LogP contribution < -0.4 is 36.5 Å². The highest BCUT2D eigenvalue weighted by molar-refractivity contribution is 6.42. The zero-order chi connectivity index (χ0) is 36.1. The number of anilines is 4. The fourth-order valence-electron chi connectivity index (χ4n) is 4.59. The van der Waals surface area contributed by atoms with Gasteiger partial charge in [-0.05, 0) is 78.9 Å². The molecular formula is C34H22Cl4N8O5. The Morgan fingerprint density at radius 3 is 1.51 bits per heavy atom. The molecule has 0 aliphatic heterocycles. The van der Waals surface area contributed by atoms with E-state index in [9.17, 15) is 19.2 Å². The molecule has 6 aromatic rings. The number of halogens is 4. The molecule has 256 valence electrons. The zero-order valence-electron chi connectivity index (χ0n) is 25.7. The maximum Gasteiger partial charge on any atom is 0.345 e. The number of benzene rings is 4. The van der Waals surface area contributed by atoms with Gasteiger partial charge in [0.2, 0.25) is 5.88 Å². The predicted molar refractivity (Wildman–Crippen MR) is 198 cm³/mol. The summed E-state index contributed by atoms with van der Waals surface area (Å²) in [5.41, 5.74) is 1.34. The van der Waals surface area contributed by atoms with E-state index in [0.29, 0.717) is 17.0 Å². The van der Waals surface area contributed by atoms with E-state index in [2.05, 4.69) is 31.0 Å². The first-order chi connectivity index (χ1) is 24.5. The molecule has 0 bridgehead atoms. The van der Waals surface area contributed by atoms with Gasteiger partial charge in [0.1, 0.15) is 5.75 Å². The number of hydrogen-bond donors (Lipinski definition) is 4. The Morgan fingerprint density at radius 2 is 1.06 bits per heavy atom. The summed E-state index contributed by atoms with van der Waals surface area (Å²) >= 11 is 24.7. The standard InChI is InChI=1S/C34H22Cl4N8O5/c35-25-11-3-20(17-27(25)37)39-33(49)45(22-5-1-19(2-6-22)29-13-14-30(47)42-41-29)46(34(50)40-21-4-12-26(36)28(38)18-21)23-7-9-24(10-8-23)51-32-16-15-31(48)43-44-32/h1-18H,(H,39,49)(H,40,50)(H,42,47)(H,43,48). The van der Waals surface area contributed by atoms with E-state index in [1.807, 2.05) is 0 Å². The average molecular weight is 764 g/mol. The highest BCUT2D eigenvalue weighted by Crippen LogP contribution is 2.32. The maximum absolute atomic E-state index is 14.3. The molecule has 6 rings (SSSR count). The molecule has 0 saturated heterocycles. The van der Waals surface area contributed by atoms with Gasteiger partial charge in [-0.25, -0.2) is 19.8 Å². The summed E-state index contributed by atoms with van der Waals surface area (Å²) in [6, 6.07) is 25.7. The molecule has 2 aromatic heterocycles. The molecule has 4 aromatic carbocycles. The van der Waals surface area contributed by atoms with Gasteiger partial charge in [-0.1, -0.05) is 58.5 Å². The monoisotopic (exact) mass is 762 g/mol. The second-order valence-corrected chi connectivity index (χ2v) is 12.1. The largest absolute Gasteiger partial charge is 0.438 e. The lowest BCUT2D eigenvalue weighted by atomic mass is 10.1. The number of H-pyrrole nitrogens is 2. The molecular weight excluding hydrogens is 742 g/mol. The van der Waals surface area contributed by atoms with Crippen molar-refractivity contribution in [1.82, 2.24) is 20.4 Å². The Balaban J connectivity index is 1.43. The number of carbonyl (C=O) groups is 2. The first-order valence-electron chi connectivity index (χ1n) is 14.7. The van der Waals surface area contributed by atoms with Crippen LogP contribution in [0.3, 0.4) is 0 Å². The molecule has 51 heavy (non-hydrogen) atoms. The van der Waals surface area contributed by atoms with Gasteiger partial charge >= 0.3 is 12.1 Å². The highest BCUT2D eigenvalue weighted by Gasteiger charge is 2.30. The zero-order valence-corrected chi connectivity index (χ0v) is 28.8. The van der Waals surface area contributed by atoms with Crippen molar-refractivity contribution in [2.75, 3.05) is 20.7 Å². The summed E-state index contributed by atoms with van der Waals surface area (Å²) in [4.78, 5) is 51.5. The van der Waals surface area contributed by atoms with Crippen LogP contribution in [0.1, 0.15) is 0 Å². The van der Waals surface area contributed by atoms with Gasteiger partial charge < -0.3 is 15.4 Å². The van der Waals surface area contributed by atoms with E-state index >= 15 is 0 Å². The Kier molecular flexibility index (Phi) is 10.5. The Bertz CT molecular complexity index is 2310. The summed E-state index contributed by atoms with van der Waals surface area (Å²) < 4.78 is 5.73. The number of ether oxygens (including phenoxy) is 1. The van der Waals surface area contributed by atoms with Crippen LogP contribution in [-0.4, -0.2) is 32.5 Å². The summed E-state index contributed by atoms with van der Waals surface area (Å²) in [6.45, 7) is 0. The number of hydrogen-bond acceptors (Lipinski definition) is 7. The molecule has 4 N–H and O–H groups in total. The maximum atomic E-state index is 14.3. The minimum Gasteiger partial charge on any atom is -0.438 e. The van der Waals surface area contributed by atoms with Crippen molar-refractivity contribution in [2.24, 2.45) is 0 Å². The van der Waals surface area contributed by atoms with Gasteiger partial charge in [0.05, 0.1) is 37.2 Å². The third kappa shape index (κ3) is 8.48. The fourth-order valence-corrected chi connectivity index (χ4v) is 5.19. The van der Waals surface area contributed by atoms with Crippen molar-refractivity contribution < 1.29 is 14.3 Å².